The molecule has 1 aromatic carbocycles. The fraction of sp³-hybridized carbons (Fsp3) is 0.526. The lowest BCUT2D eigenvalue weighted by Gasteiger charge is -2.22. The maximum atomic E-state index is 4.90. The topological polar surface area (TPSA) is 26.7 Å². The predicted octanol–water partition coefficient (Wildman–Crippen LogP) is 2.51. The molecular weight excluding hydrogens is 284 g/mol. The number of benzene rings is 1. The van der Waals surface area contributed by atoms with Gasteiger partial charge in [0.25, 0.3) is 0 Å². The Bertz CT molecular complexity index is 800. The van der Waals surface area contributed by atoms with E-state index in [1.807, 2.05) is 0 Å². The molecule has 124 valence electrons. The van der Waals surface area contributed by atoms with Crippen molar-refractivity contribution in [2.75, 3.05) is 19.6 Å². The first-order chi connectivity index (χ1) is 11.0. The number of likely N-dealkylation sites (N-methyl/N-ethyl adjacent to an activating group) is 1. The van der Waals surface area contributed by atoms with Crippen molar-refractivity contribution in [2.24, 2.45) is 0 Å². The fourth-order valence-corrected chi connectivity index (χ4v) is 3.34. The molecule has 0 saturated heterocycles. The van der Waals surface area contributed by atoms with Crippen molar-refractivity contribution in [1.82, 2.24) is 14.0 Å². The lowest BCUT2D eigenvalue weighted by molar-refractivity contribution is -0.897. The van der Waals surface area contributed by atoms with Gasteiger partial charge >= 0.3 is 0 Å². The van der Waals surface area contributed by atoms with Crippen molar-refractivity contribution in [2.45, 2.75) is 46.6 Å². The molecule has 0 aliphatic carbocycles. The quantitative estimate of drug-likeness (QED) is 0.770. The first-order valence-corrected chi connectivity index (χ1v) is 8.76. The summed E-state index contributed by atoms with van der Waals surface area (Å²) in [6.45, 7) is 15.9. The molecule has 0 bridgehead atoms. The second-order valence-electron chi connectivity index (χ2n) is 7.39. The maximum Gasteiger partial charge on any atom is 0.215 e. The number of fused-ring (bicyclic) bond motifs is 3. The first-order valence-electron chi connectivity index (χ1n) is 8.76. The molecule has 0 unspecified atom stereocenters. The molecular formula is C19H29N4+. The molecule has 0 aliphatic heterocycles. The zero-order chi connectivity index (χ0) is 16.6. The van der Waals surface area contributed by atoms with Crippen LogP contribution in [0.25, 0.3) is 16.8 Å². The number of aromatic nitrogens is 3. The van der Waals surface area contributed by atoms with Gasteiger partial charge in [0.15, 0.2) is 0 Å². The Kier molecular flexibility index (Phi) is 4.19. The summed E-state index contributed by atoms with van der Waals surface area (Å²) in [6.07, 6.45) is 2.28. The SMILES string of the molecule is CC[NH+](CC)CCn1c(C(C)(C)C)cn2c3ccccc3nc12. The van der Waals surface area contributed by atoms with E-state index in [0.29, 0.717) is 0 Å². The third-order valence-corrected chi connectivity index (χ3v) is 4.82. The number of rotatable bonds is 5. The summed E-state index contributed by atoms with van der Waals surface area (Å²) in [5.74, 6) is 1.07. The molecule has 2 aromatic heterocycles. The van der Waals surface area contributed by atoms with Crippen LogP contribution in [0.5, 0.6) is 0 Å². The monoisotopic (exact) mass is 313 g/mol. The van der Waals surface area contributed by atoms with E-state index in [-0.39, 0.29) is 5.41 Å². The summed E-state index contributed by atoms with van der Waals surface area (Å²) in [6, 6.07) is 8.40. The molecule has 0 atom stereocenters. The predicted molar refractivity (Wildman–Crippen MR) is 96.3 cm³/mol. The zero-order valence-electron chi connectivity index (χ0n) is 15.1. The van der Waals surface area contributed by atoms with Crippen molar-refractivity contribution in [1.29, 1.82) is 0 Å². The van der Waals surface area contributed by atoms with E-state index in [2.05, 4.69) is 74.0 Å². The molecule has 0 spiro atoms. The summed E-state index contributed by atoms with van der Waals surface area (Å²) in [4.78, 5) is 6.53. The summed E-state index contributed by atoms with van der Waals surface area (Å²) in [5, 5.41) is 0. The van der Waals surface area contributed by atoms with Gasteiger partial charge in [-0.1, -0.05) is 32.9 Å². The average molecular weight is 313 g/mol. The van der Waals surface area contributed by atoms with Crippen LogP contribution in [0.15, 0.2) is 30.5 Å². The molecule has 0 aliphatic rings. The number of quaternary nitrogens is 1. The molecule has 4 nitrogen and oxygen atoms in total. The molecule has 4 heteroatoms. The number of hydrogen-bond acceptors (Lipinski definition) is 1. The standard InChI is InChI=1S/C19H28N4/c1-6-21(7-2)12-13-22-17(19(3,4)5)14-23-16-11-9-8-10-15(16)20-18(22)23/h8-11,14H,6-7,12-13H2,1-5H3/p+1. The van der Waals surface area contributed by atoms with Gasteiger partial charge in [-0.25, -0.2) is 4.98 Å². The number of nitrogens with one attached hydrogen (secondary N) is 1. The van der Waals surface area contributed by atoms with Crippen LogP contribution in [-0.2, 0) is 12.0 Å². The second-order valence-corrected chi connectivity index (χ2v) is 7.39. The van der Waals surface area contributed by atoms with Gasteiger partial charge in [0.2, 0.25) is 5.78 Å². The van der Waals surface area contributed by atoms with E-state index in [9.17, 15) is 0 Å². The van der Waals surface area contributed by atoms with E-state index in [1.165, 1.54) is 24.3 Å². The van der Waals surface area contributed by atoms with Crippen molar-refractivity contribution < 1.29 is 4.90 Å². The summed E-state index contributed by atoms with van der Waals surface area (Å²) >= 11 is 0. The van der Waals surface area contributed by atoms with Crippen LogP contribution in [-0.4, -0.2) is 33.6 Å². The molecule has 0 radical (unpaired) electrons. The third kappa shape index (κ3) is 2.88. The highest BCUT2D eigenvalue weighted by Gasteiger charge is 2.23. The summed E-state index contributed by atoms with van der Waals surface area (Å²) < 4.78 is 4.68. The second kappa shape index (κ2) is 6.00. The van der Waals surface area contributed by atoms with Gasteiger partial charge in [-0.3, -0.25) is 4.40 Å². The Balaban J connectivity index is 2.11. The molecule has 0 amide bonds. The van der Waals surface area contributed by atoms with Gasteiger partial charge in [0, 0.05) is 17.3 Å². The Hall–Kier alpha value is -1.81. The third-order valence-electron chi connectivity index (χ3n) is 4.82. The summed E-state index contributed by atoms with van der Waals surface area (Å²) in [7, 11) is 0. The van der Waals surface area contributed by atoms with Crippen molar-refractivity contribution in [3.8, 4) is 0 Å². The Morgan fingerprint density at radius 2 is 1.78 bits per heavy atom. The smallest absolute Gasteiger partial charge is 0.215 e. The minimum atomic E-state index is 0.112. The number of hydrogen-bond donors (Lipinski definition) is 1. The number of imidazole rings is 2. The highest BCUT2D eigenvalue weighted by Crippen LogP contribution is 2.27. The van der Waals surface area contributed by atoms with Crippen LogP contribution >= 0.6 is 0 Å². The molecule has 0 saturated carbocycles. The van der Waals surface area contributed by atoms with Gasteiger partial charge in [-0.15, -0.1) is 0 Å². The first kappa shape index (κ1) is 16.1. The minimum Gasteiger partial charge on any atom is -0.334 e. The number of para-hydroxylation sites is 2. The van der Waals surface area contributed by atoms with E-state index in [4.69, 9.17) is 4.98 Å². The van der Waals surface area contributed by atoms with E-state index in [1.54, 1.807) is 4.90 Å². The van der Waals surface area contributed by atoms with Gasteiger partial charge in [0.1, 0.15) is 0 Å². The van der Waals surface area contributed by atoms with Gasteiger partial charge < -0.3 is 9.47 Å². The number of nitrogens with zero attached hydrogens (tertiary/aromatic N) is 3. The van der Waals surface area contributed by atoms with Gasteiger partial charge in [-0.2, -0.15) is 0 Å². The molecule has 0 fully saturated rings. The largest absolute Gasteiger partial charge is 0.334 e. The molecule has 1 N–H and O–H groups in total. The average Bonchev–Trinajstić information content (AvgIpc) is 3.04. The highest BCUT2D eigenvalue weighted by atomic mass is 15.2. The normalized spacial score (nSPS) is 12.8. The van der Waals surface area contributed by atoms with Crippen LogP contribution in [0.1, 0.15) is 40.3 Å². The van der Waals surface area contributed by atoms with Crippen LogP contribution in [0.2, 0.25) is 0 Å². The van der Waals surface area contributed by atoms with Crippen molar-refractivity contribution in [3.63, 3.8) is 0 Å². The van der Waals surface area contributed by atoms with E-state index in [0.717, 1.165) is 24.4 Å². The van der Waals surface area contributed by atoms with Crippen LogP contribution in [0.4, 0.5) is 0 Å². The van der Waals surface area contributed by atoms with E-state index >= 15 is 0 Å². The zero-order valence-corrected chi connectivity index (χ0v) is 15.1. The molecule has 3 aromatic rings. The Morgan fingerprint density at radius 1 is 1.09 bits per heavy atom. The lowest BCUT2D eigenvalue weighted by Crippen LogP contribution is -3.11. The minimum absolute atomic E-state index is 0.112. The molecule has 2 heterocycles. The van der Waals surface area contributed by atoms with Crippen LogP contribution < -0.4 is 4.90 Å². The maximum absolute atomic E-state index is 4.90. The van der Waals surface area contributed by atoms with Crippen molar-refractivity contribution >= 4 is 16.8 Å². The summed E-state index contributed by atoms with van der Waals surface area (Å²) in [5.41, 5.74) is 3.74. The van der Waals surface area contributed by atoms with Crippen LogP contribution in [0.3, 0.4) is 0 Å². The van der Waals surface area contributed by atoms with Crippen LogP contribution in [0, 0.1) is 0 Å². The van der Waals surface area contributed by atoms with E-state index < -0.39 is 0 Å². The molecule has 3 rings (SSSR count). The fourth-order valence-electron chi connectivity index (χ4n) is 3.34. The lowest BCUT2D eigenvalue weighted by atomic mass is 9.92. The van der Waals surface area contributed by atoms with Gasteiger partial charge in [-0.05, 0) is 26.0 Å². The highest BCUT2D eigenvalue weighted by molar-refractivity contribution is 5.79. The Labute approximate surface area is 138 Å². The van der Waals surface area contributed by atoms with Gasteiger partial charge in [0.05, 0.1) is 37.2 Å². The molecule has 23 heavy (non-hydrogen) atoms. The Morgan fingerprint density at radius 3 is 2.43 bits per heavy atom. The van der Waals surface area contributed by atoms with Crippen molar-refractivity contribution in [3.05, 3.63) is 36.2 Å².